The van der Waals surface area contributed by atoms with Crippen LogP contribution in [0.2, 0.25) is 0 Å². The molecule has 0 aromatic heterocycles. The van der Waals surface area contributed by atoms with Gasteiger partial charge in [0, 0.05) is 0 Å². The highest BCUT2D eigenvalue weighted by Gasteiger charge is 2.77. The smallest absolute Gasteiger partial charge is 0.422 e. The number of benzene rings is 1. The molecule has 0 aliphatic heterocycles. The molecule has 0 bridgehead atoms. The molecule has 28 heavy (non-hydrogen) atoms. The summed E-state index contributed by atoms with van der Waals surface area (Å²) >= 11 is 0. The minimum Gasteiger partial charge on any atom is -0.422 e. The molecule has 1 aromatic rings. The van der Waals surface area contributed by atoms with Crippen LogP contribution in [0.4, 0.5) is 30.7 Å². The molecule has 4 nitrogen and oxygen atoms in total. The van der Waals surface area contributed by atoms with E-state index in [-0.39, 0.29) is 0 Å². The largest absolute Gasteiger partial charge is 0.460 e. The highest BCUT2D eigenvalue weighted by Crippen LogP contribution is 2.47. The van der Waals surface area contributed by atoms with Crippen LogP contribution < -0.4 is 9.47 Å². The minimum atomic E-state index is -6.68. The third-order valence-corrected chi connectivity index (χ3v) is 4.21. The molecule has 0 spiro atoms. The summed E-state index contributed by atoms with van der Waals surface area (Å²) in [5.74, 6) is -18.6. The Morgan fingerprint density at radius 3 is 1.82 bits per heavy atom. The second-order valence-electron chi connectivity index (χ2n) is 6.24. The minimum absolute atomic E-state index is 0.478. The van der Waals surface area contributed by atoms with Crippen molar-refractivity contribution in [3.05, 3.63) is 24.3 Å². The average Bonchev–Trinajstić information content (AvgIpc) is 2.62. The number of carbonyl (C=O) groups is 2. The van der Waals surface area contributed by atoms with E-state index in [1.807, 2.05) is 0 Å². The summed E-state index contributed by atoms with van der Waals surface area (Å²) in [6.07, 6.45) is -3.15. The van der Waals surface area contributed by atoms with Crippen molar-refractivity contribution in [2.75, 3.05) is 0 Å². The Balaban J connectivity index is 2.18. The van der Waals surface area contributed by atoms with Crippen molar-refractivity contribution in [3.63, 3.8) is 0 Å². The number of hydrogen-bond acceptors (Lipinski definition) is 4. The molecular weight excluding hydrogens is 401 g/mol. The highest BCUT2D eigenvalue weighted by atomic mass is 19.4. The van der Waals surface area contributed by atoms with Crippen molar-refractivity contribution < 1.29 is 49.8 Å². The van der Waals surface area contributed by atoms with Gasteiger partial charge in [-0.25, -0.2) is 4.79 Å². The fourth-order valence-corrected chi connectivity index (χ4v) is 2.62. The highest BCUT2D eigenvalue weighted by molar-refractivity contribution is 5.82. The van der Waals surface area contributed by atoms with E-state index in [0.717, 1.165) is 37.5 Å². The summed E-state index contributed by atoms with van der Waals surface area (Å²) < 4.78 is 98.3. The molecule has 1 aliphatic rings. The Morgan fingerprint density at radius 1 is 0.821 bits per heavy atom. The molecule has 2 rings (SSSR count). The van der Waals surface area contributed by atoms with Crippen LogP contribution in [-0.4, -0.2) is 30.0 Å². The van der Waals surface area contributed by atoms with Gasteiger partial charge in [-0.2, -0.15) is 30.7 Å². The summed E-state index contributed by atoms with van der Waals surface area (Å²) in [7, 11) is 0. The van der Waals surface area contributed by atoms with Crippen molar-refractivity contribution in [3.8, 4) is 11.5 Å². The Labute approximate surface area is 154 Å². The van der Waals surface area contributed by atoms with Crippen molar-refractivity contribution in [1.29, 1.82) is 0 Å². The Hall–Kier alpha value is -2.33. The lowest BCUT2D eigenvalue weighted by Gasteiger charge is -2.26. The molecular formula is C17H15F7O4. The molecule has 0 radical (unpaired) electrons. The monoisotopic (exact) mass is 416 g/mol. The molecule has 11 heteroatoms. The van der Waals surface area contributed by atoms with E-state index in [1.54, 1.807) is 0 Å². The quantitative estimate of drug-likeness (QED) is 0.389. The van der Waals surface area contributed by atoms with E-state index in [2.05, 4.69) is 4.74 Å². The molecule has 1 aromatic carbocycles. The first-order valence-electron chi connectivity index (χ1n) is 8.23. The number of para-hydroxylation sites is 2. The van der Waals surface area contributed by atoms with Crippen molar-refractivity contribution in [2.45, 2.75) is 50.1 Å². The first-order valence-corrected chi connectivity index (χ1v) is 8.23. The fraction of sp³-hybridized carbons (Fsp3) is 0.529. The molecule has 0 N–H and O–H groups in total. The zero-order chi connectivity index (χ0) is 21.2. The first-order chi connectivity index (χ1) is 12.9. The number of ether oxygens (including phenoxy) is 2. The molecule has 0 saturated heterocycles. The summed E-state index contributed by atoms with van der Waals surface area (Å²) in [4.78, 5) is 23.5. The van der Waals surface area contributed by atoms with Gasteiger partial charge < -0.3 is 9.47 Å². The van der Waals surface area contributed by atoms with E-state index < -0.39 is 47.4 Å². The molecule has 156 valence electrons. The Kier molecular flexibility index (Phi) is 6.24. The van der Waals surface area contributed by atoms with E-state index >= 15 is 0 Å². The SMILES string of the molecule is O=C(Oc1ccccc1OC(=O)C(F)(F)C(F)(F)C(F)(F)F)C1CCCCC1. The van der Waals surface area contributed by atoms with Gasteiger partial charge >= 0.3 is 30.0 Å². The van der Waals surface area contributed by atoms with Crippen molar-refractivity contribution >= 4 is 11.9 Å². The molecule has 0 heterocycles. The number of halogens is 7. The van der Waals surface area contributed by atoms with E-state index in [9.17, 15) is 40.3 Å². The molecule has 1 aliphatic carbocycles. The number of rotatable bonds is 5. The van der Waals surface area contributed by atoms with Crippen LogP contribution in [-0.2, 0) is 9.59 Å². The maximum absolute atomic E-state index is 13.4. The van der Waals surface area contributed by atoms with Crippen molar-refractivity contribution in [1.82, 2.24) is 0 Å². The fourth-order valence-electron chi connectivity index (χ4n) is 2.62. The maximum atomic E-state index is 13.4. The number of alkyl halides is 7. The second kappa shape index (κ2) is 7.96. The van der Waals surface area contributed by atoms with Gasteiger partial charge in [-0.05, 0) is 25.0 Å². The van der Waals surface area contributed by atoms with Crippen LogP contribution in [0.25, 0.3) is 0 Å². The summed E-state index contributed by atoms with van der Waals surface area (Å²) in [5.41, 5.74) is 0. The van der Waals surface area contributed by atoms with Gasteiger partial charge in [-0.15, -0.1) is 0 Å². The topological polar surface area (TPSA) is 52.6 Å². The third kappa shape index (κ3) is 4.39. The zero-order valence-electron chi connectivity index (χ0n) is 14.2. The Bertz CT molecular complexity index is 724. The predicted octanol–water partition coefficient (Wildman–Crippen LogP) is 4.91. The lowest BCUT2D eigenvalue weighted by molar-refractivity contribution is -0.346. The van der Waals surface area contributed by atoms with Crippen LogP contribution in [0.15, 0.2) is 24.3 Å². The van der Waals surface area contributed by atoms with Gasteiger partial charge in [0.1, 0.15) is 0 Å². The number of esters is 2. The van der Waals surface area contributed by atoms with Gasteiger partial charge in [-0.1, -0.05) is 31.4 Å². The standard InChI is InChI=1S/C17H15F7O4/c18-15(19,16(20,21)17(22,23)24)14(26)28-12-9-5-4-8-11(12)27-13(25)10-6-2-1-3-7-10/h4-5,8-10H,1-3,6-7H2. The normalized spacial score (nSPS) is 16.5. The molecule has 0 atom stereocenters. The van der Waals surface area contributed by atoms with Crippen LogP contribution in [0.5, 0.6) is 11.5 Å². The van der Waals surface area contributed by atoms with Gasteiger partial charge in [0.05, 0.1) is 5.92 Å². The van der Waals surface area contributed by atoms with Gasteiger partial charge in [-0.3, -0.25) is 4.79 Å². The lowest BCUT2D eigenvalue weighted by atomic mass is 9.89. The average molecular weight is 416 g/mol. The predicted molar refractivity (Wildman–Crippen MR) is 80.2 cm³/mol. The summed E-state index contributed by atoms with van der Waals surface area (Å²) in [6.45, 7) is 0. The van der Waals surface area contributed by atoms with Gasteiger partial charge in [0.15, 0.2) is 11.5 Å². The third-order valence-electron chi connectivity index (χ3n) is 4.21. The molecule has 1 saturated carbocycles. The van der Waals surface area contributed by atoms with E-state index in [4.69, 9.17) is 4.74 Å². The summed E-state index contributed by atoms with van der Waals surface area (Å²) in [6, 6.07) is 4.25. The van der Waals surface area contributed by atoms with Crippen LogP contribution >= 0.6 is 0 Å². The summed E-state index contributed by atoms with van der Waals surface area (Å²) in [5, 5.41) is 0. The number of carbonyl (C=O) groups excluding carboxylic acids is 2. The van der Waals surface area contributed by atoms with E-state index in [1.165, 1.54) is 6.07 Å². The van der Waals surface area contributed by atoms with Crippen molar-refractivity contribution in [2.24, 2.45) is 5.92 Å². The van der Waals surface area contributed by atoms with Crippen LogP contribution in [0, 0.1) is 5.92 Å². The number of hydrogen-bond donors (Lipinski definition) is 0. The van der Waals surface area contributed by atoms with E-state index in [0.29, 0.717) is 12.8 Å². The maximum Gasteiger partial charge on any atom is 0.460 e. The molecule has 0 amide bonds. The van der Waals surface area contributed by atoms with Crippen LogP contribution in [0.1, 0.15) is 32.1 Å². The zero-order valence-corrected chi connectivity index (χ0v) is 14.2. The van der Waals surface area contributed by atoms with Gasteiger partial charge in [0.25, 0.3) is 0 Å². The second-order valence-corrected chi connectivity index (χ2v) is 6.24. The van der Waals surface area contributed by atoms with Crippen LogP contribution in [0.3, 0.4) is 0 Å². The molecule has 0 unspecified atom stereocenters. The first kappa shape index (κ1) is 22.0. The molecule has 1 fully saturated rings. The van der Waals surface area contributed by atoms with Gasteiger partial charge in [0.2, 0.25) is 0 Å². The lowest BCUT2D eigenvalue weighted by Crippen LogP contribution is -2.57. The Morgan fingerprint density at radius 2 is 1.32 bits per heavy atom.